The predicted molar refractivity (Wildman–Crippen MR) is 96.4 cm³/mol. The minimum Gasteiger partial charge on any atom is -0.151 e. The van der Waals surface area contributed by atoms with E-state index in [0.717, 1.165) is 41.6 Å². The molecular formula is C18H6S3. The Balaban J connectivity index is 2.48. The molecule has 0 unspecified atom stereocenters. The summed E-state index contributed by atoms with van der Waals surface area (Å²) in [7, 11) is 0. The van der Waals surface area contributed by atoms with Crippen LogP contribution in [-0.2, 0) is 0 Å². The maximum Gasteiger partial charge on any atom is 0.0864 e. The Labute approximate surface area is 134 Å². The summed E-state index contributed by atoms with van der Waals surface area (Å²) in [6, 6.07) is 0. The molecule has 0 saturated heterocycles. The lowest BCUT2D eigenvalue weighted by Gasteiger charge is -2.01. The Kier molecular flexibility index (Phi) is 2.61. The maximum absolute atomic E-state index is 5.69. The fourth-order valence-electron chi connectivity index (χ4n) is 2.75. The molecule has 0 atom stereocenters. The molecule has 4 rings (SSSR count). The fraction of sp³-hybridized carbons (Fsp3) is 0. The summed E-state index contributed by atoms with van der Waals surface area (Å²) in [5.74, 6) is 8.35. The second kappa shape index (κ2) is 4.39. The Morgan fingerprint density at radius 2 is 1.24 bits per heavy atom. The van der Waals surface area contributed by atoms with E-state index in [4.69, 9.17) is 19.3 Å². The van der Waals surface area contributed by atoms with E-state index in [2.05, 4.69) is 33.9 Å². The van der Waals surface area contributed by atoms with Crippen LogP contribution in [-0.4, -0.2) is 0 Å². The molecule has 96 valence electrons. The molecule has 0 bridgehead atoms. The minimum atomic E-state index is 0.887. The van der Waals surface area contributed by atoms with Gasteiger partial charge in [-0.25, -0.2) is 0 Å². The van der Waals surface area contributed by atoms with Crippen LogP contribution in [0.15, 0.2) is 16.1 Å². The van der Waals surface area contributed by atoms with Gasteiger partial charge in [0.1, 0.15) is 0 Å². The van der Waals surface area contributed by atoms with E-state index in [1.165, 1.54) is 16.7 Å². The topological polar surface area (TPSA) is 0 Å². The van der Waals surface area contributed by atoms with Crippen molar-refractivity contribution in [1.29, 1.82) is 0 Å². The third-order valence-corrected chi connectivity index (χ3v) is 6.27. The molecule has 0 nitrogen and oxygen atoms in total. The van der Waals surface area contributed by atoms with Gasteiger partial charge >= 0.3 is 0 Å². The van der Waals surface area contributed by atoms with Gasteiger partial charge in [0.2, 0.25) is 0 Å². The van der Waals surface area contributed by atoms with Crippen LogP contribution in [0.5, 0.6) is 0 Å². The lowest BCUT2D eigenvalue weighted by atomic mass is 9.99. The molecule has 0 spiro atoms. The Morgan fingerprint density at radius 3 is 1.86 bits per heavy atom. The van der Waals surface area contributed by atoms with E-state index in [1.807, 2.05) is 0 Å². The minimum absolute atomic E-state index is 0.887. The molecule has 0 fully saturated rings. The first kappa shape index (κ1) is 12.5. The van der Waals surface area contributed by atoms with Crippen molar-refractivity contribution in [2.75, 3.05) is 0 Å². The van der Waals surface area contributed by atoms with Crippen molar-refractivity contribution in [2.24, 2.45) is 0 Å². The molecular weight excluding hydrogens is 312 g/mol. The molecule has 3 heterocycles. The van der Waals surface area contributed by atoms with Crippen molar-refractivity contribution in [1.82, 2.24) is 0 Å². The Hall–Kier alpha value is -2.22. The van der Waals surface area contributed by atoms with Gasteiger partial charge in [0.05, 0.1) is 14.6 Å². The van der Waals surface area contributed by atoms with Crippen LogP contribution in [0.2, 0.25) is 0 Å². The van der Waals surface area contributed by atoms with Crippen molar-refractivity contribution >= 4 is 66.3 Å². The van der Waals surface area contributed by atoms with Gasteiger partial charge < -0.3 is 0 Å². The normalized spacial score (nSPS) is 10.7. The second-order valence-corrected chi connectivity index (χ2v) is 7.14. The Bertz CT molecular complexity index is 1160. The third-order valence-electron chi connectivity index (χ3n) is 3.56. The molecule has 0 amide bonds. The van der Waals surface area contributed by atoms with Crippen LogP contribution in [0.4, 0.5) is 0 Å². The van der Waals surface area contributed by atoms with Crippen molar-refractivity contribution in [3.63, 3.8) is 0 Å². The van der Waals surface area contributed by atoms with E-state index in [0.29, 0.717) is 0 Å². The van der Waals surface area contributed by atoms with Gasteiger partial charge in [-0.15, -0.1) is 41.9 Å². The fourth-order valence-corrected chi connectivity index (χ4v) is 5.41. The van der Waals surface area contributed by atoms with Crippen LogP contribution >= 0.6 is 34.0 Å². The van der Waals surface area contributed by atoms with E-state index >= 15 is 0 Å². The summed E-state index contributed by atoms with van der Waals surface area (Å²) >= 11 is 4.75. The standard InChI is InChI=1S/C18H6S3/c1-4-13-16-10-7-19-8-11(10)17-14(5-2)21-15(6-3)18(17)12(16)9-20-13/h1-3,7-9H. The molecule has 3 heteroatoms. The summed E-state index contributed by atoms with van der Waals surface area (Å²) in [6.07, 6.45) is 17.0. The quantitative estimate of drug-likeness (QED) is 0.387. The molecule has 4 aromatic rings. The number of fused-ring (bicyclic) bond motifs is 6. The monoisotopic (exact) mass is 318 g/mol. The SMILES string of the molecule is C#Cc1scc2c1c1cscc1c1c(C#C)sc(C#C)c21. The van der Waals surface area contributed by atoms with E-state index in [-0.39, 0.29) is 0 Å². The van der Waals surface area contributed by atoms with E-state index in [1.54, 1.807) is 22.7 Å². The summed E-state index contributed by atoms with van der Waals surface area (Å²) in [5, 5.41) is 13.1. The smallest absolute Gasteiger partial charge is 0.0864 e. The predicted octanol–water partition coefficient (Wildman–Crippen LogP) is 5.27. The van der Waals surface area contributed by atoms with Crippen molar-refractivity contribution < 1.29 is 0 Å². The van der Waals surface area contributed by atoms with Gasteiger partial charge in [-0.3, -0.25) is 0 Å². The summed E-state index contributed by atoms with van der Waals surface area (Å²) in [4.78, 5) is 2.74. The van der Waals surface area contributed by atoms with E-state index < -0.39 is 0 Å². The summed E-state index contributed by atoms with van der Waals surface area (Å²) in [6.45, 7) is 0. The Morgan fingerprint density at radius 1 is 0.667 bits per heavy atom. The summed E-state index contributed by atoms with van der Waals surface area (Å²) in [5.41, 5.74) is 0. The van der Waals surface area contributed by atoms with Crippen molar-refractivity contribution in [3.8, 4) is 37.0 Å². The third kappa shape index (κ3) is 1.48. The van der Waals surface area contributed by atoms with Crippen LogP contribution < -0.4 is 0 Å². The number of hydrogen-bond donors (Lipinski definition) is 0. The zero-order valence-electron chi connectivity index (χ0n) is 10.7. The highest BCUT2D eigenvalue weighted by molar-refractivity contribution is 7.16. The number of terminal acetylenes is 3. The molecule has 0 aliphatic heterocycles. The zero-order valence-corrected chi connectivity index (χ0v) is 13.1. The zero-order chi connectivity index (χ0) is 14.6. The average Bonchev–Trinajstić information content (AvgIpc) is 3.20. The first-order valence-electron chi connectivity index (χ1n) is 6.05. The molecule has 0 saturated carbocycles. The number of hydrogen-bond acceptors (Lipinski definition) is 3. The number of rotatable bonds is 0. The number of benzene rings is 1. The molecule has 3 aromatic heterocycles. The summed E-state index contributed by atoms with van der Waals surface area (Å²) < 4.78 is 0. The molecule has 21 heavy (non-hydrogen) atoms. The molecule has 1 aromatic carbocycles. The van der Waals surface area contributed by atoms with Gasteiger partial charge in [-0.05, 0) is 10.8 Å². The highest BCUT2D eigenvalue weighted by atomic mass is 32.1. The van der Waals surface area contributed by atoms with Crippen molar-refractivity contribution in [3.05, 3.63) is 30.8 Å². The lowest BCUT2D eigenvalue weighted by molar-refractivity contribution is 2.05. The first-order valence-corrected chi connectivity index (χ1v) is 8.69. The average molecular weight is 318 g/mol. The molecule has 0 radical (unpaired) electrons. The van der Waals surface area contributed by atoms with Gasteiger partial charge in [-0.2, -0.15) is 11.3 Å². The van der Waals surface area contributed by atoms with Crippen LogP contribution in [0.25, 0.3) is 32.3 Å². The largest absolute Gasteiger partial charge is 0.151 e. The second-order valence-electron chi connectivity index (χ2n) is 4.50. The van der Waals surface area contributed by atoms with Crippen LogP contribution in [0, 0.1) is 37.0 Å². The lowest BCUT2D eigenvalue weighted by Crippen LogP contribution is -1.78. The van der Waals surface area contributed by atoms with E-state index in [9.17, 15) is 0 Å². The van der Waals surface area contributed by atoms with Crippen LogP contribution in [0.3, 0.4) is 0 Å². The highest BCUT2D eigenvalue weighted by Gasteiger charge is 2.19. The van der Waals surface area contributed by atoms with Crippen molar-refractivity contribution in [2.45, 2.75) is 0 Å². The molecule has 0 aliphatic carbocycles. The maximum atomic E-state index is 5.69. The van der Waals surface area contributed by atoms with Gasteiger partial charge in [0.25, 0.3) is 0 Å². The van der Waals surface area contributed by atoms with Gasteiger partial charge in [-0.1, -0.05) is 17.8 Å². The molecule has 0 aliphatic rings. The van der Waals surface area contributed by atoms with Crippen LogP contribution in [0.1, 0.15) is 14.6 Å². The molecule has 0 N–H and O–H groups in total. The number of thiophene rings is 3. The first-order chi connectivity index (χ1) is 10.3. The van der Waals surface area contributed by atoms with Gasteiger partial charge in [0.15, 0.2) is 0 Å². The highest BCUT2D eigenvalue weighted by Crippen LogP contribution is 2.45. The van der Waals surface area contributed by atoms with Gasteiger partial charge in [0, 0.05) is 37.7 Å².